The Labute approximate surface area is 162 Å². The third-order valence-electron chi connectivity index (χ3n) is 5.40. The fraction of sp³-hybridized carbons (Fsp3) is 0.421. The summed E-state index contributed by atoms with van der Waals surface area (Å²) in [5, 5.41) is 10.6. The number of carbonyl (C=O) groups excluding carboxylic acids is 2. The number of carbonyl (C=O) groups is 2. The summed E-state index contributed by atoms with van der Waals surface area (Å²) < 4.78 is 6.97. The Kier molecular flexibility index (Phi) is 4.65. The van der Waals surface area contributed by atoms with Gasteiger partial charge in [-0.25, -0.2) is 0 Å². The number of hydrogen-bond acceptors (Lipinski definition) is 4. The van der Waals surface area contributed by atoms with Crippen LogP contribution in [0.2, 0.25) is 5.02 Å². The van der Waals surface area contributed by atoms with Crippen molar-refractivity contribution in [2.45, 2.75) is 19.0 Å². The Morgan fingerprint density at radius 3 is 2.52 bits per heavy atom. The highest BCUT2D eigenvalue weighted by Gasteiger charge is 2.55. The van der Waals surface area contributed by atoms with E-state index in [2.05, 4.69) is 15.7 Å². The molecule has 2 heterocycles. The molecule has 0 unspecified atom stereocenters. The molecule has 2 aliphatic rings. The number of halogens is 1. The Bertz CT molecular complexity index is 870. The normalized spacial score (nSPS) is 24.2. The lowest BCUT2D eigenvalue weighted by molar-refractivity contribution is 0.0915. The lowest BCUT2D eigenvalue weighted by Crippen LogP contribution is -2.32. The summed E-state index contributed by atoms with van der Waals surface area (Å²) in [6.07, 6.45) is 0. The zero-order valence-electron chi connectivity index (χ0n) is 15.1. The maximum Gasteiger partial charge on any atom is 0.271 e. The molecule has 1 saturated heterocycles. The average Bonchev–Trinajstić information content (AvgIpc) is 3.08. The van der Waals surface area contributed by atoms with Crippen LogP contribution in [0.25, 0.3) is 0 Å². The van der Waals surface area contributed by atoms with Gasteiger partial charge < -0.3 is 15.4 Å². The summed E-state index contributed by atoms with van der Waals surface area (Å²) in [6.45, 7) is 3.32. The van der Waals surface area contributed by atoms with E-state index >= 15 is 0 Å². The molecule has 0 bridgehead atoms. The van der Waals surface area contributed by atoms with E-state index in [1.807, 2.05) is 19.1 Å². The van der Waals surface area contributed by atoms with Gasteiger partial charge in [-0.2, -0.15) is 5.10 Å². The van der Waals surface area contributed by atoms with Gasteiger partial charge in [0.1, 0.15) is 5.69 Å². The lowest BCUT2D eigenvalue weighted by atomic mass is 10.1. The largest absolute Gasteiger partial charge is 0.381 e. The lowest BCUT2D eigenvalue weighted by Gasteiger charge is -2.16. The zero-order valence-corrected chi connectivity index (χ0v) is 15.9. The quantitative estimate of drug-likeness (QED) is 0.819. The van der Waals surface area contributed by atoms with Crippen molar-refractivity contribution in [3.05, 3.63) is 52.3 Å². The van der Waals surface area contributed by atoms with Gasteiger partial charge in [0.2, 0.25) is 0 Å². The first-order valence-corrected chi connectivity index (χ1v) is 9.33. The second-order valence-electron chi connectivity index (χ2n) is 7.03. The predicted octanol–water partition coefficient (Wildman–Crippen LogP) is 1.88. The number of nitrogens with zero attached hydrogens (tertiary/aromatic N) is 2. The van der Waals surface area contributed by atoms with Crippen molar-refractivity contribution in [3.8, 4) is 0 Å². The molecular weight excluding hydrogens is 368 g/mol. The first kappa shape index (κ1) is 18.0. The van der Waals surface area contributed by atoms with E-state index < -0.39 is 0 Å². The molecule has 1 saturated carbocycles. The van der Waals surface area contributed by atoms with E-state index in [0.717, 1.165) is 5.56 Å². The van der Waals surface area contributed by atoms with Gasteiger partial charge in [-0.05, 0) is 24.6 Å². The van der Waals surface area contributed by atoms with Gasteiger partial charge in [-0.3, -0.25) is 14.3 Å². The summed E-state index contributed by atoms with van der Waals surface area (Å²) >= 11 is 5.97. The molecule has 27 heavy (non-hydrogen) atoms. The monoisotopic (exact) mass is 388 g/mol. The van der Waals surface area contributed by atoms with Crippen LogP contribution in [0.5, 0.6) is 0 Å². The van der Waals surface area contributed by atoms with E-state index in [1.165, 1.54) is 13.1 Å². The molecule has 2 amide bonds. The fourth-order valence-electron chi connectivity index (χ4n) is 3.66. The minimum absolute atomic E-state index is 0.142. The molecule has 7 nitrogen and oxygen atoms in total. The van der Waals surface area contributed by atoms with Crippen molar-refractivity contribution >= 4 is 23.4 Å². The second kappa shape index (κ2) is 6.98. The SMILES string of the molecule is CNC(=O)c1cc(C(=O)N[C@H]2[C@@H]3COC[C@@H]32)n([C@@H](C)c2ccc(Cl)cc2)n1. The third-order valence-corrected chi connectivity index (χ3v) is 5.65. The van der Waals surface area contributed by atoms with E-state index in [0.29, 0.717) is 35.8 Å². The van der Waals surface area contributed by atoms with E-state index in [4.69, 9.17) is 16.3 Å². The number of aromatic nitrogens is 2. The summed E-state index contributed by atoms with van der Waals surface area (Å²) in [6, 6.07) is 8.81. The Morgan fingerprint density at radius 2 is 1.89 bits per heavy atom. The summed E-state index contributed by atoms with van der Waals surface area (Å²) in [7, 11) is 1.54. The summed E-state index contributed by atoms with van der Waals surface area (Å²) in [4.78, 5) is 24.9. The molecule has 2 aromatic rings. The smallest absolute Gasteiger partial charge is 0.271 e. The minimum atomic E-state index is -0.331. The standard InChI is InChI=1S/C19H21ClN4O3/c1-10(11-3-5-12(20)6-4-11)24-16(7-15(23-24)18(25)21-2)19(26)22-17-13-8-27-9-14(13)17/h3-7,10,13-14,17H,8-9H2,1-2H3,(H,21,25)(H,22,26)/t10-,13-,14+,17+/m0/s1. The molecule has 142 valence electrons. The highest BCUT2D eigenvalue weighted by molar-refractivity contribution is 6.30. The van der Waals surface area contributed by atoms with E-state index in [1.54, 1.807) is 16.8 Å². The van der Waals surface area contributed by atoms with Crippen LogP contribution in [-0.2, 0) is 4.74 Å². The van der Waals surface area contributed by atoms with Gasteiger partial charge >= 0.3 is 0 Å². The molecule has 4 rings (SSSR count). The topological polar surface area (TPSA) is 85.3 Å². The molecule has 1 aliphatic heterocycles. The Balaban J connectivity index is 1.62. The molecule has 2 N–H and O–H groups in total. The number of ether oxygens (including phenoxy) is 1. The number of fused-ring (bicyclic) bond motifs is 1. The van der Waals surface area contributed by atoms with Gasteiger partial charge in [0.25, 0.3) is 11.8 Å². The zero-order chi connectivity index (χ0) is 19.1. The molecule has 8 heteroatoms. The van der Waals surface area contributed by atoms with Crippen LogP contribution in [0.4, 0.5) is 0 Å². The van der Waals surface area contributed by atoms with Gasteiger partial charge in [-0.1, -0.05) is 23.7 Å². The summed E-state index contributed by atoms with van der Waals surface area (Å²) in [5.41, 5.74) is 1.52. The number of rotatable bonds is 5. The highest BCUT2D eigenvalue weighted by Crippen LogP contribution is 2.44. The van der Waals surface area contributed by atoms with E-state index in [9.17, 15) is 9.59 Å². The van der Waals surface area contributed by atoms with Crippen molar-refractivity contribution in [1.82, 2.24) is 20.4 Å². The van der Waals surface area contributed by atoms with Crippen LogP contribution < -0.4 is 10.6 Å². The third kappa shape index (κ3) is 3.33. The van der Waals surface area contributed by atoms with Crippen molar-refractivity contribution < 1.29 is 14.3 Å². The van der Waals surface area contributed by atoms with Gasteiger partial charge in [-0.15, -0.1) is 0 Å². The molecule has 1 aliphatic carbocycles. The number of benzene rings is 1. The molecule has 1 aromatic heterocycles. The van der Waals surface area contributed by atoms with Crippen LogP contribution in [0.15, 0.2) is 30.3 Å². The van der Waals surface area contributed by atoms with Crippen LogP contribution in [0, 0.1) is 11.8 Å². The van der Waals surface area contributed by atoms with Crippen molar-refractivity contribution in [3.63, 3.8) is 0 Å². The molecule has 0 radical (unpaired) electrons. The fourth-order valence-corrected chi connectivity index (χ4v) is 3.79. The molecule has 1 aromatic carbocycles. The number of amides is 2. The van der Waals surface area contributed by atoms with Crippen LogP contribution in [0.1, 0.15) is 39.5 Å². The van der Waals surface area contributed by atoms with Crippen molar-refractivity contribution in [2.24, 2.45) is 11.8 Å². The maximum absolute atomic E-state index is 12.9. The van der Waals surface area contributed by atoms with Gasteiger partial charge in [0.05, 0.1) is 19.3 Å². The Hall–Kier alpha value is -2.38. The summed E-state index contributed by atoms with van der Waals surface area (Å²) in [5.74, 6) is 0.246. The second-order valence-corrected chi connectivity index (χ2v) is 7.47. The molecule has 4 atom stereocenters. The average molecular weight is 389 g/mol. The number of hydrogen-bond donors (Lipinski definition) is 2. The predicted molar refractivity (Wildman–Crippen MR) is 99.9 cm³/mol. The van der Waals surface area contributed by atoms with E-state index in [-0.39, 0.29) is 29.6 Å². The van der Waals surface area contributed by atoms with Gasteiger partial charge in [0, 0.05) is 36.0 Å². The first-order chi connectivity index (χ1) is 13.0. The van der Waals surface area contributed by atoms with Crippen LogP contribution >= 0.6 is 11.6 Å². The van der Waals surface area contributed by atoms with Crippen molar-refractivity contribution in [2.75, 3.05) is 20.3 Å². The van der Waals surface area contributed by atoms with Crippen LogP contribution in [0.3, 0.4) is 0 Å². The van der Waals surface area contributed by atoms with Gasteiger partial charge in [0.15, 0.2) is 5.69 Å². The minimum Gasteiger partial charge on any atom is -0.381 e. The van der Waals surface area contributed by atoms with Crippen LogP contribution in [-0.4, -0.2) is 47.9 Å². The maximum atomic E-state index is 12.9. The molecule has 2 fully saturated rings. The number of nitrogens with one attached hydrogen (secondary N) is 2. The molecule has 0 spiro atoms. The molecular formula is C19H21ClN4O3. The highest BCUT2D eigenvalue weighted by atomic mass is 35.5. The first-order valence-electron chi connectivity index (χ1n) is 8.95. The van der Waals surface area contributed by atoms with Crippen molar-refractivity contribution in [1.29, 1.82) is 0 Å². The Morgan fingerprint density at radius 1 is 1.22 bits per heavy atom.